The molecular formula is C21H22BrN3O3. The van der Waals surface area contributed by atoms with E-state index in [1.54, 1.807) is 24.1 Å². The number of hydrogen-bond donors (Lipinski definition) is 1. The van der Waals surface area contributed by atoms with Crippen molar-refractivity contribution in [2.24, 2.45) is 0 Å². The highest BCUT2D eigenvalue weighted by Gasteiger charge is 2.08. The molecule has 0 spiro atoms. The van der Waals surface area contributed by atoms with Gasteiger partial charge in [-0.15, -0.1) is 0 Å². The van der Waals surface area contributed by atoms with Gasteiger partial charge in [0, 0.05) is 17.0 Å². The van der Waals surface area contributed by atoms with Gasteiger partial charge >= 0.3 is 0 Å². The minimum atomic E-state index is -0.0608. The molecule has 146 valence electrons. The van der Waals surface area contributed by atoms with Crippen LogP contribution in [0.4, 0.5) is 5.82 Å². The highest BCUT2D eigenvalue weighted by Crippen LogP contribution is 2.18. The van der Waals surface area contributed by atoms with Crippen molar-refractivity contribution in [2.45, 2.75) is 19.4 Å². The van der Waals surface area contributed by atoms with Crippen molar-refractivity contribution in [2.75, 3.05) is 19.0 Å². The summed E-state index contributed by atoms with van der Waals surface area (Å²) in [5.41, 5.74) is 1.10. The van der Waals surface area contributed by atoms with E-state index in [1.165, 1.54) is 0 Å². The van der Waals surface area contributed by atoms with Crippen LogP contribution in [-0.4, -0.2) is 29.4 Å². The number of rotatable bonds is 9. The average molecular weight is 444 g/mol. The maximum Gasteiger partial charge on any atom is 0.225 e. The third-order valence-electron chi connectivity index (χ3n) is 4.08. The lowest BCUT2D eigenvalue weighted by atomic mass is 10.2. The van der Waals surface area contributed by atoms with Crippen molar-refractivity contribution >= 4 is 27.7 Å². The zero-order valence-corrected chi connectivity index (χ0v) is 17.2. The number of nitrogens with zero attached hydrogens (tertiary/aromatic N) is 2. The Bertz CT molecular complexity index is 909. The van der Waals surface area contributed by atoms with Crippen molar-refractivity contribution in [3.63, 3.8) is 0 Å². The van der Waals surface area contributed by atoms with Gasteiger partial charge in [0.2, 0.25) is 5.91 Å². The molecule has 0 atom stereocenters. The third-order valence-corrected chi connectivity index (χ3v) is 4.57. The summed E-state index contributed by atoms with van der Waals surface area (Å²) in [5.74, 6) is 2.16. The van der Waals surface area contributed by atoms with E-state index >= 15 is 0 Å². The van der Waals surface area contributed by atoms with Gasteiger partial charge in [0.15, 0.2) is 0 Å². The van der Waals surface area contributed by atoms with Crippen molar-refractivity contribution in [1.82, 2.24) is 9.78 Å². The second-order valence-electron chi connectivity index (χ2n) is 6.18. The summed E-state index contributed by atoms with van der Waals surface area (Å²) < 4.78 is 13.5. The van der Waals surface area contributed by atoms with Crippen LogP contribution < -0.4 is 14.8 Å². The highest BCUT2D eigenvalue weighted by molar-refractivity contribution is 9.10. The Hall–Kier alpha value is -2.80. The van der Waals surface area contributed by atoms with E-state index in [1.807, 2.05) is 48.5 Å². The van der Waals surface area contributed by atoms with Crippen LogP contribution in [0.1, 0.15) is 18.4 Å². The van der Waals surface area contributed by atoms with E-state index in [0.717, 1.165) is 21.5 Å². The van der Waals surface area contributed by atoms with Crippen LogP contribution in [0.2, 0.25) is 0 Å². The standard InChI is InChI=1S/C21H22BrN3O3/c1-27-18-7-9-19(10-8-18)28-13-3-6-21(26)24-20-11-12-23-25(20)15-16-4-2-5-17(22)14-16/h2,4-5,7-12,14H,3,6,13,15H2,1H3,(H,24,26). The number of benzene rings is 2. The molecule has 0 aliphatic rings. The summed E-state index contributed by atoms with van der Waals surface area (Å²) in [5, 5.41) is 7.21. The molecule has 0 saturated carbocycles. The summed E-state index contributed by atoms with van der Waals surface area (Å²) in [4.78, 5) is 12.2. The number of ether oxygens (including phenoxy) is 2. The van der Waals surface area contributed by atoms with Gasteiger partial charge in [-0.25, -0.2) is 4.68 Å². The minimum Gasteiger partial charge on any atom is -0.497 e. The predicted octanol–water partition coefficient (Wildman–Crippen LogP) is 4.50. The number of amides is 1. The van der Waals surface area contributed by atoms with Crippen LogP contribution in [0, 0.1) is 0 Å². The number of carbonyl (C=O) groups excluding carboxylic acids is 1. The Morgan fingerprint density at radius 3 is 2.68 bits per heavy atom. The zero-order valence-electron chi connectivity index (χ0n) is 15.6. The molecule has 0 saturated heterocycles. The molecule has 0 aliphatic heterocycles. The van der Waals surface area contributed by atoms with Crippen molar-refractivity contribution in [1.29, 1.82) is 0 Å². The van der Waals surface area contributed by atoms with Gasteiger partial charge < -0.3 is 14.8 Å². The van der Waals surface area contributed by atoms with Gasteiger partial charge in [-0.2, -0.15) is 5.10 Å². The zero-order chi connectivity index (χ0) is 19.8. The largest absolute Gasteiger partial charge is 0.497 e. The second-order valence-corrected chi connectivity index (χ2v) is 7.10. The predicted molar refractivity (Wildman–Crippen MR) is 112 cm³/mol. The second kappa shape index (κ2) is 9.94. The highest BCUT2D eigenvalue weighted by atomic mass is 79.9. The first kappa shape index (κ1) is 19.9. The Morgan fingerprint density at radius 2 is 1.93 bits per heavy atom. The number of nitrogens with one attached hydrogen (secondary N) is 1. The summed E-state index contributed by atoms with van der Waals surface area (Å²) in [6, 6.07) is 17.2. The molecule has 1 N–H and O–H groups in total. The molecule has 0 fully saturated rings. The number of methoxy groups -OCH3 is 1. The van der Waals surface area contributed by atoms with E-state index in [-0.39, 0.29) is 5.91 Å². The topological polar surface area (TPSA) is 65.4 Å². The summed E-state index contributed by atoms with van der Waals surface area (Å²) >= 11 is 3.47. The van der Waals surface area contributed by atoms with E-state index in [2.05, 4.69) is 26.3 Å². The third kappa shape index (κ3) is 5.85. The lowest BCUT2D eigenvalue weighted by Gasteiger charge is -2.10. The monoisotopic (exact) mass is 443 g/mol. The fraction of sp³-hybridized carbons (Fsp3) is 0.238. The molecule has 0 radical (unpaired) electrons. The van der Waals surface area contributed by atoms with Crippen molar-refractivity contribution in [3.05, 3.63) is 70.8 Å². The number of anilines is 1. The molecule has 1 amide bonds. The maximum absolute atomic E-state index is 12.2. The molecule has 7 heteroatoms. The van der Waals surface area contributed by atoms with Gasteiger partial charge in [0.05, 0.1) is 26.5 Å². The molecule has 3 aromatic rings. The number of carbonyl (C=O) groups is 1. The summed E-state index contributed by atoms with van der Waals surface area (Å²) in [6.45, 7) is 1.06. The number of halogens is 1. The lowest BCUT2D eigenvalue weighted by molar-refractivity contribution is -0.116. The maximum atomic E-state index is 12.2. The molecule has 1 aromatic heterocycles. The first-order valence-corrected chi connectivity index (χ1v) is 9.76. The van der Waals surface area contributed by atoms with Crippen LogP contribution >= 0.6 is 15.9 Å². The normalized spacial score (nSPS) is 10.5. The summed E-state index contributed by atoms with van der Waals surface area (Å²) in [6.07, 6.45) is 2.68. The first-order chi connectivity index (χ1) is 13.6. The molecule has 28 heavy (non-hydrogen) atoms. The molecule has 3 rings (SSSR count). The molecule has 0 bridgehead atoms. The van der Waals surface area contributed by atoms with Gasteiger partial charge in [-0.05, 0) is 48.4 Å². The number of hydrogen-bond acceptors (Lipinski definition) is 4. The molecule has 1 heterocycles. The van der Waals surface area contributed by atoms with Gasteiger partial charge in [-0.3, -0.25) is 4.79 Å². The SMILES string of the molecule is COc1ccc(OCCCC(=O)Nc2ccnn2Cc2cccc(Br)c2)cc1. The van der Waals surface area contributed by atoms with E-state index in [9.17, 15) is 4.79 Å². The van der Waals surface area contributed by atoms with E-state index in [0.29, 0.717) is 31.8 Å². The fourth-order valence-corrected chi connectivity index (χ4v) is 3.12. The van der Waals surface area contributed by atoms with Gasteiger partial charge in [0.25, 0.3) is 0 Å². The Morgan fingerprint density at radius 1 is 1.14 bits per heavy atom. The summed E-state index contributed by atoms with van der Waals surface area (Å²) in [7, 11) is 1.62. The van der Waals surface area contributed by atoms with Crippen LogP contribution in [0.25, 0.3) is 0 Å². The first-order valence-electron chi connectivity index (χ1n) is 8.97. The molecule has 6 nitrogen and oxygen atoms in total. The van der Waals surface area contributed by atoms with Gasteiger partial charge in [0.1, 0.15) is 17.3 Å². The lowest BCUT2D eigenvalue weighted by Crippen LogP contribution is -2.16. The van der Waals surface area contributed by atoms with E-state index < -0.39 is 0 Å². The molecular weight excluding hydrogens is 422 g/mol. The van der Waals surface area contributed by atoms with Crippen molar-refractivity contribution in [3.8, 4) is 11.5 Å². The smallest absolute Gasteiger partial charge is 0.225 e. The molecule has 0 aliphatic carbocycles. The van der Waals surface area contributed by atoms with Crippen LogP contribution in [0.5, 0.6) is 11.5 Å². The molecule has 2 aromatic carbocycles. The average Bonchev–Trinajstić information content (AvgIpc) is 3.12. The fourth-order valence-electron chi connectivity index (χ4n) is 2.67. The quantitative estimate of drug-likeness (QED) is 0.494. The van der Waals surface area contributed by atoms with E-state index in [4.69, 9.17) is 9.47 Å². The van der Waals surface area contributed by atoms with Crippen LogP contribution in [0.3, 0.4) is 0 Å². The Balaban J connectivity index is 1.44. The Kier molecular flexibility index (Phi) is 7.08. The molecule has 0 unspecified atom stereocenters. The number of aromatic nitrogens is 2. The van der Waals surface area contributed by atoms with Crippen molar-refractivity contribution < 1.29 is 14.3 Å². The van der Waals surface area contributed by atoms with Gasteiger partial charge in [-0.1, -0.05) is 28.1 Å². The van der Waals surface area contributed by atoms with Crippen LogP contribution in [0.15, 0.2) is 65.3 Å². The minimum absolute atomic E-state index is 0.0608. The van der Waals surface area contributed by atoms with Crippen LogP contribution in [-0.2, 0) is 11.3 Å². The Labute approximate surface area is 172 Å².